The van der Waals surface area contributed by atoms with Crippen LogP contribution in [0.15, 0.2) is 54.7 Å². The van der Waals surface area contributed by atoms with Gasteiger partial charge >= 0.3 is 5.97 Å². The second-order valence-corrected chi connectivity index (χ2v) is 5.56. The third-order valence-electron chi connectivity index (χ3n) is 3.54. The van der Waals surface area contributed by atoms with Crippen LogP contribution in [0.2, 0.25) is 5.15 Å². The standard InChI is InChI=1S/C19H17ClN2O3/c1-2-24-16-8-4-3-7-14(16)13-25-18(23)11-10-15-19(20)21-17-9-5-6-12-22(15)17/h3-12H,2,13H2,1H3/b11-10+. The van der Waals surface area contributed by atoms with Crippen molar-refractivity contribution in [2.24, 2.45) is 0 Å². The summed E-state index contributed by atoms with van der Waals surface area (Å²) in [4.78, 5) is 16.2. The number of rotatable bonds is 6. The first-order valence-electron chi connectivity index (χ1n) is 7.87. The topological polar surface area (TPSA) is 52.8 Å². The number of hydrogen-bond acceptors (Lipinski definition) is 4. The van der Waals surface area contributed by atoms with E-state index in [4.69, 9.17) is 21.1 Å². The van der Waals surface area contributed by atoms with Crippen molar-refractivity contribution in [3.63, 3.8) is 0 Å². The molecule has 0 aliphatic heterocycles. The number of benzene rings is 1. The number of esters is 1. The van der Waals surface area contributed by atoms with E-state index in [0.29, 0.717) is 28.9 Å². The predicted octanol–water partition coefficient (Wildman–Crippen LogP) is 4.14. The van der Waals surface area contributed by atoms with Gasteiger partial charge in [-0.15, -0.1) is 0 Å². The summed E-state index contributed by atoms with van der Waals surface area (Å²) in [6, 6.07) is 13.0. The number of para-hydroxylation sites is 1. The van der Waals surface area contributed by atoms with Crippen LogP contribution in [0.4, 0.5) is 0 Å². The molecule has 0 aliphatic carbocycles. The van der Waals surface area contributed by atoms with Crippen LogP contribution in [0.5, 0.6) is 5.75 Å². The van der Waals surface area contributed by atoms with E-state index in [9.17, 15) is 4.79 Å². The van der Waals surface area contributed by atoms with E-state index >= 15 is 0 Å². The lowest BCUT2D eigenvalue weighted by Gasteiger charge is -2.09. The number of nitrogens with zero attached hydrogens (tertiary/aromatic N) is 2. The van der Waals surface area contributed by atoms with Crippen LogP contribution in [0.3, 0.4) is 0 Å². The Bertz CT molecular complexity index is 918. The molecule has 0 saturated carbocycles. The van der Waals surface area contributed by atoms with Gasteiger partial charge in [-0.05, 0) is 31.2 Å². The van der Waals surface area contributed by atoms with E-state index in [1.807, 2.05) is 55.6 Å². The van der Waals surface area contributed by atoms with Crippen LogP contribution >= 0.6 is 11.6 Å². The Morgan fingerprint density at radius 1 is 1.24 bits per heavy atom. The van der Waals surface area contributed by atoms with E-state index in [1.165, 1.54) is 6.08 Å². The molecule has 2 aromatic heterocycles. The summed E-state index contributed by atoms with van der Waals surface area (Å²) < 4.78 is 12.6. The summed E-state index contributed by atoms with van der Waals surface area (Å²) >= 11 is 6.13. The van der Waals surface area contributed by atoms with Crippen LogP contribution in [0.1, 0.15) is 18.2 Å². The highest BCUT2D eigenvalue weighted by Gasteiger charge is 2.08. The Hall–Kier alpha value is -2.79. The van der Waals surface area contributed by atoms with Gasteiger partial charge in [-0.25, -0.2) is 9.78 Å². The molecular formula is C19H17ClN2O3. The molecule has 1 aromatic carbocycles. The van der Waals surface area contributed by atoms with Gasteiger partial charge in [-0.1, -0.05) is 35.9 Å². The molecule has 3 aromatic rings. The Morgan fingerprint density at radius 3 is 2.88 bits per heavy atom. The van der Waals surface area contributed by atoms with Crippen molar-refractivity contribution in [3.05, 3.63) is 71.1 Å². The quantitative estimate of drug-likeness (QED) is 0.492. The molecule has 0 atom stereocenters. The number of hydrogen-bond donors (Lipinski definition) is 0. The molecule has 25 heavy (non-hydrogen) atoms. The second kappa shape index (κ2) is 7.85. The van der Waals surface area contributed by atoms with Crippen molar-refractivity contribution in [3.8, 4) is 5.75 Å². The average Bonchev–Trinajstić information content (AvgIpc) is 2.94. The summed E-state index contributed by atoms with van der Waals surface area (Å²) in [6.45, 7) is 2.60. The van der Waals surface area contributed by atoms with Crippen molar-refractivity contribution in [1.82, 2.24) is 9.38 Å². The SMILES string of the molecule is CCOc1ccccc1COC(=O)/C=C/c1c(Cl)nc2ccccn12. The molecule has 0 radical (unpaired) electrons. The minimum absolute atomic E-state index is 0.139. The zero-order chi connectivity index (χ0) is 17.6. The largest absolute Gasteiger partial charge is 0.493 e. The van der Waals surface area contributed by atoms with E-state index in [1.54, 1.807) is 10.5 Å². The lowest BCUT2D eigenvalue weighted by atomic mass is 10.2. The zero-order valence-corrected chi connectivity index (χ0v) is 14.4. The number of halogens is 1. The number of imidazole rings is 1. The summed E-state index contributed by atoms with van der Waals surface area (Å²) in [7, 11) is 0. The number of carbonyl (C=O) groups excluding carboxylic acids is 1. The fourth-order valence-corrected chi connectivity index (χ4v) is 2.64. The van der Waals surface area contributed by atoms with Gasteiger partial charge in [0, 0.05) is 17.8 Å². The van der Waals surface area contributed by atoms with Crippen molar-refractivity contribution in [2.45, 2.75) is 13.5 Å². The molecule has 128 valence electrons. The van der Waals surface area contributed by atoms with Crippen molar-refractivity contribution >= 4 is 29.3 Å². The summed E-state index contributed by atoms with van der Waals surface area (Å²) in [5, 5.41) is 0.331. The van der Waals surface area contributed by atoms with Crippen molar-refractivity contribution < 1.29 is 14.3 Å². The van der Waals surface area contributed by atoms with Gasteiger partial charge in [0.2, 0.25) is 0 Å². The second-order valence-electron chi connectivity index (χ2n) is 5.20. The molecule has 0 amide bonds. The molecular weight excluding hydrogens is 340 g/mol. The zero-order valence-electron chi connectivity index (χ0n) is 13.7. The van der Waals surface area contributed by atoms with E-state index in [0.717, 1.165) is 5.56 Å². The van der Waals surface area contributed by atoms with Crippen LogP contribution in [-0.4, -0.2) is 22.0 Å². The van der Waals surface area contributed by atoms with Gasteiger partial charge in [0.1, 0.15) is 18.0 Å². The summed E-state index contributed by atoms with van der Waals surface area (Å²) in [6.07, 6.45) is 4.77. The van der Waals surface area contributed by atoms with Crippen LogP contribution in [0, 0.1) is 0 Å². The van der Waals surface area contributed by atoms with Gasteiger partial charge in [0.25, 0.3) is 0 Å². The molecule has 0 N–H and O–H groups in total. The van der Waals surface area contributed by atoms with Crippen LogP contribution < -0.4 is 4.74 Å². The number of pyridine rings is 1. The lowest BCUT2D eigenvalue weighted by Crippen LogP contribution is -2.03. The van der Waals surface area contributed by atoms with Crippen molar-refractivity contribution in [2.75, 3.05) is 6.61 Å². The predicted molar refractivity (Wildman–Crippen MR) is 96.6 cm³/mol. The molecule has 0 bridgehead atoms. The molecule has 0 unspecified atom stereocenters. The number of fused-ring (bicyclic) bond motifs is 1. The van der Waals surface area contributed by atoms with E-state index in [-0.39, 0.29) is 6.61 Å². The van der Waals surface area contributed by atoms with Crippen molar-refractivity contribution in [1.29, 1.82) is 0 Å². The fourth-order valence-electron chi connectivity index (χ4n) is 2.40. The molecule has 0 saturated heterocycles. The Morgan fingerprint density at radius 2 is 2.04 bits per heavy atom. The third kappa shape index (κ3) is 4.00. The van der Waals surface area contributed by atoms with E-state index in [2.05, 4.69) is 4.98 Å². The Labute approximate surface area is 150 Å². The molecule has 3 rings (SSSR count). The summed E-state index contributed by atoms with van der Waals surface area (Å²) in [5.74, 6) is 0.250. The number of carbonyl (C=O) groups is 1. The molecule has 0 fully saturated rings. The monoisotopic (exact) mass is 356 g/mol. The van der Waals surface area contributed by atoms with Crippen LogP contribution in [0.25, 0.3) is 11.7 Å². The molecule has 0 spiro atoms. The third-order valence-corrected chi connectivity index (χ3v) is 3.82. The minimum atomic E-state index is -0.465. The minimum Gasteiger partial charge on any atom is -0.493 e. The normalized spacial score (nSPS) is 11.1. The lowest BCUT2D eigenvalue weighted by molar-refractivity contribution is -0.138. The molecule has 0 aliphatic rings. The first-order chi connectivity index (χ1) is 12.2. The first-order valence-corrected chi connectivity index (χ1v) is 8.25. The maximum atomic E-state index is 12.0. The van der Waals surface area contributed by atoms with Gasteiger partial charge in [-0.2, -0.15) is 0 Å². The molecule has 5 nitrogen and oxygen atoms in total. The maximum Gasteiger partial charge on any atom is 0.331 e. The van der Waals surface area contributed by atoms with Gasteiger partial charge in [0.05, 0.1) is 12.3 Å². The highest BCUT2D eigenvalue weighted by molar-refractivity contribution is 6.31. The maximum absolute atomic E-state index is 12.0. The molecule has 6 heteroatoms. The fraction of sp³-hybridized carbons (Fsp3) is 0.158. The molecule has 2 heterocycles. The number of aromatic nitrogens is 2. The van der Waals surface area contributed by atoms with E-state index < -0.39 is 5.97 Å². The Balaban J connectivity index is 1.68. The van der Waals surface area contributed by atoms with Gasteiger partial charge in [0.15, 0.2) is 5.15 Å². The summed E-state index contributed by atoms with van der Waals surface area (Å²) in [5.41, 5.74) is 2.16. The smallest absolute Gasteiger partial charge is 0.331 e. The van der Waals surface area contributed by atoms with Gasteiger partial charge < -0.3 is 9.47 Å². The highest BCUT2D eigenvalue weighted by atomic mass is 35.5. The van der Waals surface area contributed by atoms with Crippen LogP contribution in [-0.2, 0) is 16.1 Å². The first kappa shape index (κ1) is 17.0. The number of ether oxygens (including phenoxy) is 2. The van der Waals surface area contributed by atoms with Gasteiger partial charge in [-0.3, -0.25) is 4.40 Å². The average molecular weight is 357 g/mol. The Kier molecular flexibility index (Phi) is 5.36. The highest BCUT2D eigenvalue weighted by Crippen LogP contribution is 2.20.